The summed E-state index contributed by atoms with van der Waals surface area (Å²) in [6, 6.07) is 9.54. The van der Waals surface area contributed by atoms with Crippen LogP contribution in [0, 0.1) is 0 Å². The van der Waals surface area contributed by atoms with Crippen molar-refractivity contribution in [3.05, 3.63) is 30.3 Å². The minimum atomic E-state index is -0.811. The second-order valence-corrected chi connectivity index (χ2v) is 6.60. The van der Waals surface area contributed by atoms with Crippen LogP contribution in [0.25, 0.3) is 0 Å². The van der Waals surface area contributed by atoms with Crippen LogP contribution in [0.5, 0.6) is 5.75 Å². The standard InChI is InChI=1S/C18H26N2O4/c21-17(20-10-12-23-13-11-20)14-19-8-6-18(22,7-9-19)15-24-16-4-2-1-3-5-16/h1-5,22H,6-15H2. The number of para-hydroxylation sites is 1. The highest BCUT2D eigenvalue weighted by atomic mass is 16.5. The van der Waals surface area contributed by atoms with Crippen molar-refractivity contribution >= 4 is 5.91 Å². The molecule has 0 saturated carbocycles. The fourth-order valence-electron chi connectivity index (χ4n) is 3.11. The average Bonchev–Trinajstić information content (AvgIpc) is 2.64. The molecular formula is C18H26N2O4. The minimum absolute atomic E-state index is 0.157. The van der Waals surface area contributed by atoms with E-state index in [1.54, 1.807) is 0 Å². The van der Waals surface area contributed by atoms with E-state index in [1.807, 2.05) is 35.2 Å². The average molecular weight is 334 g/mol. The Morgan fingerprint density at radius 2 is 1.79 bits per heavy atom. The van der Waals surface area contributed by atoms with E-state index in [2.05, 4.69) is 4.90 Å². The topological polar surface area (TPSA) is 62.2 Å². The molecule has 2 aliphatic heterocycles. The van der Waals surface area contributed by atoms with E-state index in [4.69, 9.17) is 9.47 Å². The molecule has 1 aromatic carbocycles. The molecule has 2 saturated heterocycles. The molecule has 24 heavy (non-hydrogen) atoms. The molecule has 0 bridgehead atoms. The Morgan fingerprint density at radius 1 is 1.12 bits per heavy atom. The highest BCUT2D eigenvalue weighted by Crippen LogP contribution is 2.23. The molecule has 2 fully saturated rings. The highest BCUT2D eigenvalue weighted by molar-refractivity contribution is 5.78. The van der Waals surface area contributed by atoms with Gasteiger partial charge in [-0.15, -0.1) is 0 Å². The maximum atomic E-state index is 12.3. The number of amides is 1. The zero-order chi connectivity index (χ0) is 16.8. The van der Waals surface area contributed by atoms with E-state index in [0.29, 0.717) is 65.4 Å². The second-order valence-electron chi connectivity index (χ2n) is 6.60. The lowest BCUT2D eigenvalue weighted by molar-refractivity contribution is -0.138. The van der Waals surface area contributed by atoms with Gasteiger partial charge < -0.3 is 19.5 Å². The first-order chi connectivity index (χ1) is 11.6. The summed E-state index contributed by atoms with van der Waals surface area (Å²) in [5.74, 6) is 0.931. The molecule has 3 rings (SSSR count). The Kier molecular flexibility index (Phi) is 5.71. The van der Waals surface area contributed by atoms with Crippen LogP contribution in [0.1, 0.15) is 12.8 Å². The molecule has 0 unspecified atom stereocenters. The van der Waals surface area contributed by atoms with Gasteiger partial charge in [0.05, 0.1) is 19.8 Å². The third-order valence-electron chi connectivity index (χ3n) is 4.76. The van der Waals surface area contributed by atoms with Crippen LogP contribution < -0.4 is 4.74 Å². The van der Waals surface area contributed by atoms with E-state index < -0.39 is 5.60 Å². The van der Waals surface area contributed by atoms with Gasteiger partial charge in [-0.3, -0.25) is 9.69 Å². The Bertz CT molecular complexity index is 523. The Labute approximate surface area is 143 Å². The second kappa shape index (κ2) is 7.96. The number of hydrogen-bond acceptors (Lipinski definition) is 5. The summed E-state index contributed by atoms with van der Waals surface area (Å²) in [7, 11) is 0. The molecule has 0 aromatic heterocycles. The van der Waals surface area contributed by atoms with Crippen molar-refractivity contribution in [1.29, 1.82) is 0 Å². The quantitative estimate of drug-likeness (QED) is 0.861. The number of hydrogen-bond donors (Lipinski definition) is 1. The van der Waals surface area contributed by atoms with Crippen LogP contribution in [-0.2, 0) is 9.53 Å². The van der Waals surface area contributed by atoms with Gasteiger partial charge in [0, 0.05) is 26.2 Å². The molecule has 6 nitrogen and oxygen atoms in total. The van der Waals surface area contributed by atoms with Crippen molar-refractivity contribution in [3.63, 3.8) is 0 Å². The number of ether oxygens (including phenoxy) is 2. The van der Waals surface area contributed by atoms with E-state index in [9.17, 15) is 9.90 Å². The summed E-state index contributed by atoms with van der Waals surface area (Å²) >= 11 is 0. The zero-order valence-corrected chi connectivity index (χ0v) is 14.0. The summed E-state index contributed by atoms with van der Waals surface area (Å²) in [6.45, 7) is 4.76. The highest BCUT2D eigenvalue weighted by Gasteiger charge is 2.34. The Morgan fingerprint density at radius 3 is 2.46 bits per heavy atom. The van der Waals surface area contributed by atoms with Gasteiger partial charge in [-0.2, -0.15) is 0 Å². The van der Waals surface area contributed by atoms with Gasteiger partial charge >= 0.3 is 0 Å². The molecular weight excluding hydrogens is 308 g/mol. The number of rotatable bonds is 5. The van der Waals surface area contributed by atoms with E-state index in [0.717, 1.165) is 5.75 Å². The molecule has 0 spiro atoms. The first kappa shape index (κ1) is 17.2. The third-order valence-corrected chi connectivity index (χ3v) is 4.76. The molecule has 2 heterocycles. The van der Waals surface area contributed by atoms with Crippen molar-refractivity contribution in [2.75, 3.05) is 52.5 Å². The zero-order valence-electron chi connectivity index (χ0n) is 14.0. The smallest absolute Gasteiger partial charge is 0.236 e. The van der Waals surface area contributed by atoms with Crippen LogP contribution in [0.15, 0.2) is 30.3 Å². The summed E-state index contributed by atoms with van der Waals surface area (Å²) in [5.41, 5.74) is -0.811. The number of aliphatic hydroxyl groups is 1. The lowest BCUT2D eigenvalue weighted by Gasteiger charge is -2.38. The monoisotopic (exact) mass is 334 g/mol. The van der Waals surface area contributed by atoms with Gasteiger partial charge in [0.2, 0.25) is 5.91 Å². The normalized spacial score (nSPS) is 21.5. The van der Waals surface area contributed by atoms with E-state index in [-0.39, 0.29) is 5.91 Å². The molecule has 0 radical (unpaired) electrons. The number of benzene rings is 1. The van der Waals surface area contributed by atoms with E-state index >= 15 is 0 Å². The first-order valence-corrected chi connectivity index (χ1v) is 8.63. The molecule has 132 valence electrons. The number of piperidine rings is 1. The minimum Gasteiger partial charge on any atom is -0.491 e. The number of carbonyl (C=O) groups excluding carboxylic acids is 1. The van der Waals surface area contributed by atoms with Crippen LogP contribution in [0.3, 0.4) is 0 Å². The van der Waals surface area contributed by atoms with Crippen molar-refractivity contribution in [2.45, 2.75) is 18.4 Å². The summed E-state index contributed by atoms with van der Waals surface area (Å²) in [5, 5.41) is 10.7. The van der Waals surface area contributed by atoms with Crippen LogP contribution in [0.2, 0.25) is 0 Å². The lowest BCUT2D eigenvalue weighted by atomic mass is 9.92. The first-order valence-electron chi connectivity index (χ1n) is 8.63. The SMILES string of the molecule is O=C(CN1CCC(O)(COc2ccccc2)CC1)N1CCOCC1. The Hall–Kier alpha value is -1.63. The number of nitrogens with zero attached hydrogens (tertiary/aromatic N) is 2. The molecule has 0 atom stereocenters. The van der Waals surface area contributed by atoms with Gasteiger partial charge in [0.25, 0.3) is 0 Å². The molecule has 2 aliphatic rings. The molecule has 1 aromatic rings. The van der Waals surface area contributed by atoms with Crippen LogP contribution in [-0.4, -0.2) is 79.0 Å². The van der Waals surface area contributed by atoms with Crippen molar-refractivity contribution in [3.8, 4) is 5.75 Å². The molecule has 0 aliphatic carbocycles. The van der Waals surface area contributed by atoms with E-state index in [1.165, 1.54) is 0 Å². The van der Waals surface area contributed by atoms with Gasteiger partial charge in [-0.25, -0.2) is 0 Å². The predicted octanol–water partition coefficient (Wildman–Crippen LogP) is 0.751. The van der Waals surface area contributed by atoms with Crippen LogP contribution >= 0.6 is 0 Å². The van der Waals surface area contributed by atoms with Crippen molar-refractivity contribution in [1.82, 2.24) is 9.80 Å². The summed E-state index contributed by atoms with van der Waals surface area (Å²) in [4.78, 5) is 16.3. The van der Waals surface area contributed by atoms with Gasteiger partial charge in [0.1, 0.15) is 18.0 Å². The van der Waals surface area contributed by atoms with Crippen LogP contribution in [0.4, 0.5) is 0 Å². The molecule has 1 amide bonds. The number of carbonyl (C=O) groups is 1. The van der Waals surface area contributed by atoms with Crippen molar-refractivity contribution < 1.29 is 19.4 Å². The van der Waals surface area contributed by atoms with Gasteiger partial charge in [0.15, 0.2) is 0 Å². The molecule has 1 N–H and O–H groups in total. The summed E-state index contributed by atoms with van der Waals surface area (Å²) in [6.07, 6.45) is 1.24. The number of morpholine rings is 1. The Balaban J connectivity index is 1.42. The maximum absolute atomic E-state index is 12.3. The van der Waals surface area contributed by atoms with Gasteiger partial charge in [-0.1, -0.05) is 18.2 Å². The predicted molar refractivity (Wildman–Crippen MR) is 90.0 cm³/mol. The third kappa shape index (κ3) is 4.69. The lowest BCUT2D eigenvalue weighted by Crippen LogP contribution is -2.51. The largest absolute Gasteiger partial charge is 0.491 e. The van der Waals surface area contributed by atoms with Crippen molar-refractivity contribution in [2.24, 2.45) is 0 Å². The number of likely N-dealkylation sites (tertiary alicyclic amines) is 1. The van der Waals surface area contributed by atoms with Gasteiger partial charge in [-0.05, 0) is 25.0 Å². The molecule has 6 heteroatoms. The fraction of sp³-hybridized carbons (Fsp3) is 0.611. The summed E-state index contributed by atoms with van der Waals surface area (Å²) < 4.78 is 11.0. The maximum Gasteiger partial charge on any atom is 0.236 e. The fourth-order valence-corrected chi connectivity index (χ4v) is 3.11.